The second kappa shape index (κ2) is 2.92. The average Bonchev–Trinajstić information content (AvgIpc) is 2.84. The van der Waals surface area contributed by atoms with E-state index in [1.165, 1.54) is 12.8 Å². The van der Waals surface area contributed by atoms with Gasteiger partial charge in [-0.05, 0) is 19.8 Å². The Morgan fingerprint density at radius 3 is 2.29 bits per heavy atom. The molecule has 0 aromatic carbocycles. The van der Waals surface area contributed by atoms with E-state index >= 15 is 0 Å². The molecule has 2 saturated heterocycles. The van der Waals surface area contributed by atoms with E-state index in [4.69, 9.17) is 0 Å². The van der Waals surface area contributed by atoms with Gasteiger partial charge in [-0.2, -0.15) is 0 Å². The van der Waals surface area contributed by atoms with E-state index in [9.17, 15) is 4.39 Å². The monoisotopic (exact) mass is 198 g/mol. The lowest BCUT2D eigenvalue weighted by atomic mass is 9.73. The standard InChI is InChI=1S/C11H19FN2/c1-11(12)8-4-13-5-9(11)7-14(6-8)10-2-3-10/h8-10,13H,2-7H2,1H3. The van der Waals surface area contributed by atoms with Gasteiger partial charge in [0.2, 0.25) is 0 Å². The van der Waals surface area contributed by atoms with Crippen molar-refractivity contribution in [2.75, 3.05) is 26.2 Å². The van der Waals surface area contributed by atoms with Crippen molar-refractivity contribution in [1.29, 1.82) is 0 Å². The summed E-state index contributed by atoms with van der Waals surface area (Å²) in [7, 11) is 0. The van der Waals surface area contributed by atoms with Crippen LogP contribution in [0, 0.1) is 11.8 Å². The maximum atomic E-state index is 14.4. The van der Waals surface area contributed by atoms with E-state index < -0.39 is 5.67 Å². The highest BCUT2D eigenvalue weighted by Crippen LogP contribution is 2.41. The van der Waals surface area contributed by atoms with Crippen molar-refractivity contribution in [1.82, 2.24) is 10.2 Å². The molecule has 14 heavy (non-hydrogen) atoms. The lowest BCUT2D eigenvalue weighted by Gasteiger charge is -2.50. The highest BCUT2D eigenvalue weighted by molar-refractivity contribution is 5.04. The molecule has 2 heterocycles. The number of rotatable bonds is 1. The van der Waals surface area contributed by atoms with Crippen LogP contribution in [0.3, 0.4) is 0 Å². The van der Waals surface area contributed by atoms with Crippen LogP contribution in [0.2, 0.25) is 0 Å². The summed E-state index contributed by atoms with van der Waals surface area (Å²) in [6.07, 6.45) is 2.69. The predicted molar refractivity (Wildman–Crippen MR) is 54.0 cm³/mol. The normalized spacial score (nSPS) is 49.3. The second-order valence-corrected chi connectivity index (χ2v) is 5.39. The number of nitrogens with zero attached hydrogens (tertiary/aromatic N) is 1. The second-order valence-electron chi connectivity index (χ2n) is 5.39. The molecule has 2 atom stereocenters. The van der Waals surface area contributed by atoms with E-state index in [0.717, 1.165) is 32.2 Å². The fraction of sp³-hybridized carbons (Fsp3) is 1.00. The summed E-state index contributed by atoms with van der Waals surface area (Å²) in [6, 6.07) is 0.800. The highest BCUT2D eigenvalue weighted by atomic mass is 19.1. The minimum atomic E-state index is -0.920. The molecule has 0 amide bonds. The Kier molecular flexibility index (Phi) is 1.90. The van der Waals surface area contributed by atoms with Gasteiger partial charge in [-0.25, -0.2) is 4.39 Å². The maximum Gasteiger partial charge on any atom is 0.118 e. The van der Waals surface area contributed by atoms with Crippen molar-refractivity contribution in [3.8, 4) is 0 Å². The zero-order valence-corrected chi connectivity index (χ0v) is 8.80. The van der Waals surface area contributed by atoms with Gasteiger partial charge < -0.3 is 5.32 Å². The van der Waals surface area contributed by atoms with Crippen molar-refractivity contribution >= 4 is 0 Å². The molecule has 1 aliphatic carbocycles. The summed E-state index contributed by atoms with van der Waals surface area (Å²) in [5.74, 6) is 0.436. The van der Waals surface area contributed by atoms with Gasteiger partial charge in [0.25, 0.3) is 0 Å². The first-order valence-electron chi connectivity index (χ1n) is 5.81. The zero-order chi connectivity index (χ0) is 9.76. The third-order valence-electron chi connectivity index (χ3n) is 4.35. The first-order valence-corrected chi connectivity index (χ1v) is 5.81. The van der Waals surface area contributed by atoms with Gasteiger partial charge in [0.1, 0.15) is 5.67 Å². The molecule has 3 heteroatoms. The van der Waals surface area contributed by atoms with Crippen LogP contribution in [-0.4, -0.2) is 42.8 Å². The van der Waals surface area contributed by atoms with E-state index in [-0.39, 0.29) is 11.8 Å². The maximum absolute atomic E-state index is 14.4. The molecule has 3 aliphatic rings. The molecule has 2 bridgehead atoms. The van der Waals surface area contributed by atoms with Crippen LogP contribution in [-0.2, 0) is 0 Å². The zero-order valence-electron chi connectivity index (χ0n) is 8.80. The van der Waals surface area contributed by atoms with E-state index in [1.807, 2.05) is 6.92 Å². The smallest absolute Gasteiger partial charge is 0.118 e. The van der Waals surface area contributed by atoms with Crippen molar-refractivity contribution < 1.29 is 4.39 Å². The van der Waals surface area contributed by atoms with Crippen molar-refractivity contribution in [3.63, 3.8) is 0 Å². The number of hydrogen-bond donors (Lipinski definition) is 1. The van der Waals surface area contributed by atoms with Gasteiger partial charge in [-0.15, -0.1) is 0 Å². The molecule has 2 unspecified atom stereocenters. The summed E-state index contributed by atoms with van der Waals surface area (Å²) >= 11 is 0. The minimum Gasteiger partial charge on any atom is -0.316 e. The quantitative estimate of drug-likeness (QED) is 0.677. The number of alkyl halides is 1. The van der Waals surface area contributed by atoms with Gasteiger partial charge in [0.15, 0.2) is 0 Å². The Morgan fingerprint density at radius 2 is 1.79 bits per heavy atom. The molecular weight excluding hydrogens is 179 g/mol. The van der Waals surface area contributed by atoms with Gasteiger partial charge in [-0.1, -0.05) is 0 Å². The molecule has 3 rings (SSSR count). The van der Waals surface area contributed by atoms with Crippen LogP contribution >= 0.6 is 0 Å². The molecule has 1 saturated carbocycles. The van der Waals surface area contributed by atoms with Crippen LogP contribution in [0.4, 0.5) is 4.39 Å². The first-order chi connectivity index (χ1) is 6.68. The van der Waals surface area contributed by atoms with Crippen molar-refractivity contribution in [2.45, 2.75) is 31.5 Å². The third kappa shape index (κ3) is 1.29. The largest absolute Gasteiger partial charge is 0.316 e. The summed E-state index contributed by atoms with van der Waals surface area (Å²) in [5.41, 5.74) is -0.920. The summed E-state index contributed by atoms with van der Waals surface area (Å²) in [4.78, 5) is 2.53. The third-order valence-corrected chi connectivity index (χ3v) is 4.35. The number of fused-ring (bicyclic) bond motifs is 2. The lowest BCUT2D eigenvalue weighted by molar-refractivity contribution is -0.0636. The molecule has 0 spiro atoms. The molecule has 0 radical (unpaired) electrons. The number of hydrogen-bond acceptors (Lipinski definition) is 2. The summed E-state index contributed by atoms with van der Waals surface area (Å²) < 4.78 is 14.4. The molecule has 1 N–H and O–H groups in total. The molecule has 2 nitrogen and oxygen atoms in total. The molecular formula is C11H19FN2. The van der Waals surface area contributed by atoms with E-state index in [2.05, 4.69) is 10.2 Å². The van der Waals surface area contributed by atoms with Gasteiger partial charge in [0.05, 0.1) is 0 Å². The fourth-order valence-electron chi connectivity index (χ4n) is 3.03. The average molecular weight is 198 g/mol. The Bertz CT molecular complexity index is 221. The molecule has 80 valence electrons. The Morgan fingerprint density at radius 1 is 1.21 bits per heavy atom. The summed E-state index contributed by atoms with van der Waals surface area (Å²) in [6.45, 7) is 5.50. The Labute approximate surface area is 84.8 Å². The van der Waals surface area contributed by atoms with Crippen LogP contribution in [0.15, 0.2) is 0 Å². The number of nitrogens with one attached hydrogen (secondary N) is 1. The molecule has 2 aliphatic heterocycles. The molecule has 3 fully saturated rings. The fourth-order valence-corrected chi connectivity index (χ4v) is 3.03. The number of piperidine rings is 2. The van der Waals surface area contributed by atoms with Crippen LogP contribution in [0.1, 0.15) is 19.8 Å². The van der Waals surface area contributed by atoms with Crippen LogP contribution < -0.4 is 5.32 Å². The first kappa shape index (κ1) is 9.10. The van der Waals surface area contributed by atoms with Gasteiger partial charge in [0, 0.05) is 44.1 Å². The highest BCUT2D eigenvalue weighted by Gasteiger charge is 2.51. The Balaban J connectivity index is 1.78. The van der Waals surface area contributed by atoms with E-state index in [1.54, 1.807) is 0 Å². The summed E-state index contributed by atoms with van der Waals surface area (Å²) in [5, 5.41) is 3.36. The van der Waals surface area contributed by atoms with Crippen LogP contribution in [0.25, 0.3) is 0 Å². The molecule has 0 aromatic rings. The number of halogens is 1. The number of likely N-dealkylation sites (tertiary alicyclic amines) is 1. The molecule has 0 aromatic heterocycles. The lowest BCUT2D eigenvalue weighted by Crippen LogP contribution is -2.63. The van der Waals surface area contributed by atoms with Crippen LogP contribution in [0.5, 0.6) is 0 Å². The van der Waals surface area contributed by atoms with Gasteiger partial charge >= 0.3 is 0 Å². The minimum absolute atomic E-state index is 0.218. The Hall–Kier alpha value is -0.150. The topological polar surface area (TPSA) is 15.3 Å². The van der Waals surface area contributed by atoms with Crippen molar-refractivity contribution in [3.05, 3.63) is 0 Å². The SMILES string of the molecule is CC1(F)C2CNCC1CN(C1CC1)C2. The predicted octanol–water partition coefficient (Wildman–Crippen LogP) is 1.03. The van der Waals surface area contributed by atoms with Crippen molar-refractivity contribution in [2.24, 2.45) is 11.8 Å². The van der Waals surface area contributed by atoms with Gasteiger partial charge in [-0.3, -0.25) is 4.90 Å². The van der Waals surface area contributed by atoms with E-state index in [0.29, 0.717) is 0 Å².